The average molecular weight is 278 g/mol. The van der Waals surface area contributed by atoms with Crippen LogP contribution in [0.4, 0.5) is 0 Å². The molecule has 0 aliphatic rings. The second-order valence-corrected chi connectivity index (χ2v) is 4.26. The average Bonchev–Trinajstić information content (AvgIpc) is 2.86. The van der Waals surface area contributed by atoms with Gasteiger partial charge in [-0.2, -0.15) is 5.10 Å². The second-order valence-electron chi connectivity index (χ2n) is 3.44. The molecule has 0 aromatic carbocycles. The first-order chi connectivity index (χ1) is 7.74. The van der Waals surface area contributed by atoms with Crippen molar-refractivity contribution in [3.63, 3.8) is 0 Å². The molecule has 0 atom stereocenters. The number of halogens is 1. The maximum absolute atomic E-state index is 4.43. The minimum atomic E-state index is 0.763. The van der Waals surface area contributed by atoms with Crippen molar-refractivity contribution < 1.29 is 0 Å². The number of rotatable bonds is 1. The van der Waals surface area contributed by atoms with E-state index in [1.54, 1.807) is 15.4 Å². The van der Waals surface area contributed by atoms with Crippen molar-refractivity contribution in [3.8, 4) is 5.82 Å². The van der Waals surface area contributed by atoms with Crippen LogP contribution in [0.15, 0.2) is 35.2 Å². The Kier molecular flexibility index (Phi) is 2.03. The molecule has 0 saturated carbocycles. The van der Waals surface area contributed by atoms with E-state index in [0.29, 0.717) is 0 Å². The SMILES string of the molecule is Cc1ccn(-c2ccc3ncc(Br)n3n2)n1. The van der Waals surface area contributed by atoms with Gasteiger partial charge in [0.2, 0.25) is 0 Å². The summed E-state index contributed by atoms with van der Waals surface area (Å²) in [5.74, 6) is 0.763. The van der Waals surface area contributed by atoms with Crippen LogP contribution in [0.3, 0.4) is 0 Å². The number of imidazole rings is 1. The lowest BCUT2D eigenvalue weighted by molar-refractivity contribution is 0.780. The van der Waals surface area contributed by atoms with Crippen molar-refractivity contribution in [2.75, 3.05) is 0 Å². The molecule has 3 rings (SSSR count). The van der Waals surface area contributed by atoms with Crippen LogP contribution in [0.5, 0.6) is 0 Å². The lowest BCUT2D eigenvalue weighted by Gasteiger charge is -2.01. The summed E-state index contributed by atoms with van der Waals surface area (Å²) in [6.07, 6.45) is 3.61. The van der Waals surface area contributed by atoms with Gasteiger partial charge in [0.25, 0.3) is 0 Å². The zero-order valence-electron chi connectivity index (χ0n) is 8.50. The molecule has 0 fully saturated rings. The molecule has 0 aliphatic heterocycles. The zero-order chi connectivity index (χ0) is 11.1. The molecule has 3 heterocycles. The van der Waals surface area contributed by atoms with E-state index in [0.717, 1.165) is 21.8 Å². The van der Waals surface area contributed by atoms with Crippen molar-refractivity contribution in [3.05, 3.63) is 40.9 Å². The largest absolute Gasteiger partial charge is 0.234 e. The molecule has 0 N–H and O–H groups in total. The van der Waals surface area contributed by atoms with Gasteiger partial charge in [0, 0.05) is 6.20 Å². The molecule has 0 spiro atoms. The van der Waals surface area contributed by atoms with Crippen molar-refractivity contribution in [1.29, 1.82) is 0 Å². The van der Waals surface area contributed by atoms with Gasteiger partial charge < -0.3 is 0 Å². The number of hydrogen-bond acceptors (Lipinski definition) is 3. The highest BCUT2D eigenvalue weighted by molar-refractivity contribution is 9.10. The van der Waals surface area contributed by atoms with Gasteiger partial charge in [-0.15, -0.1) is 5.10 Å². The topological polar surface area (TPSA) is 48.0 Å². The lowest BCUT2D eigenvalue weighted by Crippen LogP contribution is -2.02. The van der Waals surface area contributed by atoms with E-state index in [2.05, 4.69) is 31.1 Å². The summed E-state index contributed by atoms with van der Waals surface area (Å²) in [7, 11) is 0. The maximum atomic E-state index is 4.43. The van der Waals surface area contributed by atoms with Gasteiger partial charge in [0.05, 0.1) is 11.9 Å². The molecule has 0 radical (unpaired) electrons. The number of hydrogen-bond donors (Lipinski definition) is 0. The predicted octanol–water partition coefficient (Wildman–Crippen LogP) is 1.99. The molecule has 16 heavy (non-hydrogen) atoms. The first-order valence-electron chi connectivity index (χ1n) is 4.77. The molecule has 3 aromatic rings. The third-order valence-electron chi connectivity index (χ3n) is 2.26. The van der Waals surface area contributed by atoms with E-state index < -0.39 is 0 Å². The Balaban J connectivity index is 2.21. The van der Waals surface area contributed by atoms with Crippen molar-refractivity contribution >= 4 is 21.6 Å². The number of nitrogens with zero attached hydrogens (tertiary/aromatic N) is 5. The summed E-state index contributed by atoms with van der Waals surface area (Å²) in [4.78, 5) is 4.18. The van der Waals surface area contributed by atoms with Gasteiger partial charge >= 0.3 is 0 Å². The van der Waals surface area contributed by atoms with E-state index in [1.165, 1.54) is 0 Å². The summed E-state index contributed by atoms with van der Waals surface area (Å²) in [6, 6.07) is 5.74. The molecule has 0 bridgehead atoms. The molecule has 0 aliphatic carbocycles. The minimum Gasteiger partial charge on any atom is -0.234 e. The lowest BCUT2D eigenvalue weighted by atomic mass is 10.5. The van der Waals surface area contributed by atoms with E-state index in [-0.39, 0.29) is 0 Å². The third kappa shape index (κ3) is 1.42. The van der Waals surface area contributed by atoms with Crippen LogP contribution in [0, 0.1) is 6.92 Å². The highest BCUT2D eigenvalue weighted by Gasteiger charge is 2.04. The summed E-state index contributed by atoms with van der Waals surface area (Å²) in [5, 5.41) is 8.73. The smallest absolute Gasteiger partial charge is 0.174 e. The van der Waals surface area contributed by atoms with E-state index in [1.807, 2.05) is 31.3 Å². The Morgan fingerprint density at radius 3 is 2.81 bits per heavy atom. The Morgan fingerprint density at radius 1 is 1.19 bits per heavy atom. The molecular weight excluding hydrogens is 270 g/mol. The summed E-state index contributed by atoms with van der Waals surface area (Å²) < 4.78 is 4.29. The fourth-order valence-corrected chi connectivity index (χ4v) is 1.86. The fourth-order valence-electron chi connectivity index (χ4n) is 1.50. The normalized spacial score (nSPS) is 11.1. The molecule has 3 aromatic heterocycles. The molecule has 80 valence electrons. The molecule has 0 saturated heterocycles. The molecule has 0 unspecified atom stereocenters. The number of fused-ring (bicyclic) bond motifs is 1. The van der Waals surface area contributed by atoms with Gasteiger partial charge in [0.15, 0.2) is 11.5 Å². The number of aromatic nitrogens is 5. The predicted molar refractivity (Wildman–Crippen MR) is 62.5 cm³/mol. The van der Waals surface area contributed by atoms with Gasteiger partial charge in [-0.25, -0.2) is 14.2 Å². The summed E-state index contributed by atoms with van der Waals surface area (Å²) in [6.45, 7) is 1.95. The first kappa shape index (κ1) is 9.53. The Labute approximate surface area is 99.9 Å². The van der Waals surface area contributed by atoms with Crippen LogP contribution >= 0.6 is 15.9 Å². The maximum Gasteiger partial charge on any atom is 0.174 e. The van der Waals surface area contributed by atoms with Crippen LogP contribution in [-0.4, -0.2) is 24.4 Å². The molecular formula is C10H8BrN5. The number of aryl methyl sites for hydroxylation is 1. The Bertz CT molecular complexity index is 654. The molecule has 6 heteroatoms. The van der Waals surface area contributed by atoms with Crippen molar-refractivity contribution in [1.82, 2.24) is 24.4 Å². The monoisotopic (exact) mass is 277 g/mol. The summed E-state index contributed by atoms with van der Waals surface area (Å²) in [5.41, 5.74) is 1.77. The van der Waals surface area contributed by atoms with Crippen molar-refractivity contribution in [2.45, 2.75) is 6.92 Å². The van der Waals surface area contributed by atoms with Crippen LogP contribution < -0.4 is 0 Å². The van der Waals surface area contributed by atoms with E-state index >= 15 is 0 Å². The highest BCUT2D eigenvalue weighted by atomic mass is 79.9. The van der Waals surface area contributed by atoms with Gasteiger partial charge in [-0.3, -0.25) is 0 Å². The molecule has 0 amide bonds. The van der Waals surface area contributed by atoms with Crippen LogP contribution in [0.2, 0.25) is 0 Å². The van der Waals surface area contributed by atoms with E-state index in [4.69, 9.17) is 0 Å². The third-order valence-corrected chi connectivity index (χ3v) is 2.80. The van der Waals surface area contributed by atoms with Gasteiger partial charge in [-0.1, -0.05) is 0 Å². The standard InChI is InChI=1S/C10H8BrN5/c1-7-4-5-15(13-7)10-3-2-9-12-6-8(11)16(9)14-10/h2-6H,1H3. The minimum absolute atomic E-state index is 0.763. The second kappa shape index (κ2) is 3.41. The van der Waals surface area contributed by atoms with Crippen LogP contribution in [0.25, 0.3) is 11.5 Å². The van der Waals surface area contributed by atoms with Crippen LogP contribution in [-0.2, 0) is 0 Å². The molecule has 5 nitrogen and oxygen atoms in total. The fraction of sp³-hybridized carbons (Fsp3) is 0.100. The quantitative estimate of drug-likeness (QED) is 0.684. The van der Waals surface area contributed by atoms with Gasteiger partial charge in [0.1, 0.15) is 4.60 Å². The van der Waals surface area contributed by atoms with E-state index in [9.17, 15) is 0 Å². The zero-order valence-corrected chi connectivity index (χ0v) is 10.1. The summed E-state index contributed by atoms with van der Waals surface area (Å²) >= 11 is 3.39. The Hall–Kier alpha value is -1.69. The first-order valence-corrected chi connectivity index (χ1v) is 5.56. The highest BCUT2D eigenvalue weighted by Crippen LogP contribution is 2.13. The van der Waals surface area contributed by atoms with Gasteiger partial charge in [-0.05, 0) is 41.1 Å². The van der Waals surface area contributed by atoms with Crippen LogP contribution in [0.1, 0.15) is 5.69 Å². The Morgan fingerprint density at radius 2 is 2.06 bits per heavy atom. The van der Waals surface area contributed by atoms with Crippen molar-refractivity contribution in [2.24, 2.45) is 0 Å².